The van der Waals surface area contributed by atoms with Crippen molar-refractivity contribution >= 4 is 13.6 Å². The predicted molar refractivity (Wildman–Crippen MR) is 92.4 cm³/mol. The summed E-state index contributed by atoms with van der Waals surface area (Å²) in [6, 6.07) is 0. The zero-order valence-electron chi connectivity index (χ0n) is 14.7. The number of aliphatic hydroxyl groups is 1. The Morgan fingerprint density at radius 2 is 1.72 bits per heavy atom. The number of hydrogen-bond acceptors (Lipinski definition) is 3. The second kappa shape index (κ2) is 6.90. The molecule has 0 spiro atoms. The molecule has 0 amide bonds. The van der Waals surface area contributed by atoms with E-state index < -0.39 is 7.82 Å². The van der Waals surface area contributed by atoms with Crippen LogP contribution in [0.15, 0.2) is 11.6 Å². The minimum atomic E-state index is -4.64. The first-order chi connectivity index (χ1) is 11.6. The fourth-order valence-corrected chi connectivity index (χ4v) is 6.15. The number of phosphoric acid groups is 1. The molecule has 0 radical (unpaired) electrons. The van der Waals surface area contributed by atoms with E-state index in [0.717, 1.165) is 43.4 Å². The Morgan fingerprint density at radius 3 is 2.40 bits per heavy atom. The molecule has 0 unspecified atom stereocenters. The van der Waals surface area contributed by atoms with Crippen LogP contribution < -0.4 is 0 Å². The van der Waals surface area contributed by atoms with E-state index in [1.165, 1.54) is 31.3 Å². The zero-order chi connectivity index (χ0) is 18.4. The lowest BCUT2D eigenvalue weighted by molar-refractivity contribution is -0.116. The number of ketones is 1. The van der Waals surface area contributed by atoms with E-state index in [1.54, 1.807) is 0 Å². The van der Waals surface area contributed by atoms with Crippen LogP contribution in [0.3, 0.4) is 0 Å². The maximum absolute atomic E-state index is 11.6. The van der Waals surface area contributed by atoms with E-state index in [1.807, 2.05) is 6.08 Å². The van der Waals surface area contributed by atoms with Gasteiger partial charge < -0.3 is 19.8 Å². The smallest absolute Gasteiger partial charge is 0.393 e. The van der Waals surface area contributed by atoms with Crippen molar-refractivity contribution in [3.8, 4) is 0 Å². The normalized spacial score (nSPS) is 43.2. The van der Waals surface area contributed by atoms with Gasteiger partial charge >= 0.3 is 7.82 Å². The lowest BCUT2D eigenvalue weighted by atomic mass is 9.52. The van der Waals surface area contributed by atoms with Gasteiger partial charge in [0, 0.05) is 6.42 Å². The second-order valence-corrected chi connectivity index (χ2v) is 9.48. The van der Waals surface area contributed by atoms with Gasteiger partial charge in [-0.25, -0.2) is 4.57 Å². The topological polar surface area (TPSA) is 115 Å². The third-order valence-electron chi connectivity index (χ3n) is 7.25. The van der Waals surface area contributed by atoms with Crippen LogP contribution >= 0.6 is 7.82 Å². The fraction of sp³-hybridized carbons (Fsp3) is 0.833. The molecular formula is C18H29O6P. The van der Waals surface area contributed by atoms with Crippen molar-refractivity contribution in [2.24, 2.45) is 29.1 Å². The minimum Gasteiger partial charge on any atom is -0.393 e. The van der Waals surface area contributed by atoms with Crippen molar-refractivity contribution < 1.29 is 29.1 Å². The van der Waals surface area contributed by atoms with Gasteiger partial charge in [-0.05, 0) is 80.1 Å². The van der Waals surface area contributed by atoms with Crippen LogP contribution in [0.1, 0.15) is 58.3 Å². The molecule has 0 bridgehead atoms. The summed E-state index contributed by atoms with van der Waals surface area (Å²) in [7, 11) is -4.64. The maximum atomic E-state index is 11.6. The zero-order valence-corrected chi connectivity index (χ0v) is 15.6. The van der Waals surface area contributed by atoms with Gasteiger partial charge in [-0.2, -0.15) is 0 Å². The molecule has 3 saturated carbocycles. The maximum Gasteiger partial charge on any atom is 0.466 e. The number of hydrogen-bond donors (Lipinski definition) is 4. The van der Waals surface area contributed by atoms with Crippen LogP contribution in [0.5, 0.6) is 0 Å². The average Bonchev–Trinajstić information content (AvgIpc) is 2.81. The monoisotopic (exact) mass is 372 g/mol. The Bertz CT molecular complexity index is 602. The van der Waals surface area contributed by atoms with E-state index in [4.69, 9.17) is 19.2 Å². The molecule has 4 aliphatic rings. The largest absolute Gasteiger partial charge is 0.466 e. The summed E-state index contributed by atoms with van der Waals surface area (Å²) in [6.45, 7) is 2.33. The summed E-state index contributed by atoms with van der Waals surface area (Å²) in [5, 5.41) is 10.4. The molecular weight excluding hydrogens is 343 g/mol. The molecule has 25 heavy (non-hydrogen) atoms. The van der Waals surface area contributed by atoms with Crippen molar-refractivity contribution in [2.45, 2.75) is 64.4 Å². The fourth-order valence-electron chi connectivity index (χ4n) is 6.15. The van der Waals surface area contributed by atoms with Crippen LogP contribution in [0.4, 0.5) is 0 Å². The molecule has 142 valence electrons. The molecule has 0 aromatic heterocycles. The van der Waals surface area contributed by atoms with Crippen molar-refractivity contribution in [3.05, 3.63) is 11.6 Å². The molecule has 0 saturated heterocycles. The first kappa shape index (κ1) is 19.2. The summed E-state index contributed by atoms with van der Waals surface area (Å²) in [6.07, 6.45) is 10.9. The molecule has 0 aliphatic heterocycles. The molecule has 0 aromatic rings. The van der Waals surface area contributed by atoms with E-state index in [2.05, 4.69) is 6.92 Å². The first-order valence-corrected chi connectivity index (χ1v) is 10.9. The Morgan fingerprint density at radius 1 is 1.04 bits per heavy atom. The van der Waals surface area contributed by atoms with E-state index in [-0.39, 0.29) is 11.5 Å². The van der Waals surface area contributed by atoms with Gasteiger partial charge in [0.1, 0.15) is 0 Å². The molecule has 0 heterocycles. The number of fused-ring (bicyclic) bond motifs is 5. The third-order valence-corrected chi connectivity index (χ3v) is 7.25. The van der Waals surface area contributed by atoms with Crippen LogP contribution in [0.2, 0.25) is 0 Å². The predicted octanol–water partition coefficient (Wildman–Crippen LogP) is 2.56. The Hall–Kier alpha value is -0.520. The highest BCUT2D eigenvalue weighted by molar-refractivity contribution is 7.45. The van der Waals surface area contributed by atoms with Crippen molar-refractivity contribution in [1.82, 2.24) is 0 Å². The van der Waals surface area contributed by atoms with Crippen LogP contribution in [0.25, 0.3) is 0 Å². The SMILES string of the molecule is C[C@]12CC[C@H]3[C@@H](CCC4=CC(=O)CC[C@@H]43)[C@@H]1CC[C@@H]2O.O=P(O)(O)O. The van der Waals surface area contributed by atoms with Gasteiger partial charge in [0.15, 0.2) is 5.78 Å². The first-order valence-electron chi connectivity index (χ1n) is 9.29. The van der Waals surface area contributed by atoms with Gasteiger partial charge in [-0.15, -0.1) is 0 Å². The molecule has 7 heteroatoms. The van der Waals surface area contributed by atoms with E-state index in [9.17, 15) is 9.90 Å². The molecule has 4 rings (SSSR count). The quantitative estimate of drug-likeness (QED) is 0.486. The van der Waals surface area contributed by atoms with Crippen molar-refractivity contribution in [3.63, 3.8) is 0 Å². The van der Waals surface area contributed by atoms with Gasteiger partial charge in [0.25, 0.3) is 0 Å². The number of aliphatic hydroxyl groups excluding tert-OH is 1. The van der Waals surface area contributed by atoms with Crippen LogP contribution in [-0.2, 0) is 9.36 Å². The number of rotatable bonds is 0. The number of carbonyl (C=O) groups excluding carboxylic acids is 1. The van der Waals surface area contributed by atoms with Gasteiger partial charge in [-0.1, -0.05) is 12.5 Å². The molecule has 3 fully saturated rings. The van der Waals surface area contributed by atoms with Crippen LogP contribution in [0, 0.1) is 29.1 Å². The Balaban J connectivity index is 0.000000324. The average molecular weight is 372 g/mol. The lowest BCUT2D eigenvalue weighted by Gasteiger charge is -2.53. The van der Waals surface area contributed by atoms with Crippen molar-refractivity contribution in [2.75, 3.05) is 0 Å². The standard InChI is InChI=1S/C18H26O2.H3O4P/c1-18-9-8-14-13-5-3-12(19)10-11(13)2-4-15(14)16(18)6-7-17(18)20;1-5(2,3)4/h10,13-17,20H,2-9H2,1H3;(H3,1,2,3,4)/t13-,14+,15+,16-,17-,18-;/m0./s1. The summed E-state index contributed by atoms with van der Waals surface area (Å²) in [4.78, 5) is 33.2. The Kier molecular flexibility index (Phi) is 5.31. The molecule has 0 aromatic carbocycles. The van der Waals surface area contributed by atoms with Gasteiger partial charge in [0.05, 0.1) is 6.10 Å². The minimum absolute atomic E-state index is 0.0710. The molecule has 4 aliphatic carbocycles. The highest BCUT2D eigenvalue weighted by Gasteiger charge is 2.55. The molecule has 6 nitrogen and oxygen atoms in total. The second-order valence-electron chi connectivity index (χ2n) is 8.45. The van der Waals surface area contributed by atoms with E-state index in [0.29, 0.717) is 11.7 Å². The highest BCUT2D eigenvalue weighted by Crippen LogP contribution is 2.61. The van der Waals surface area contributed by atoms with Crippen molar-refractivity contribution in [1.29, 1.82) is 0 Å². The highest BCUT2D eigenvalue weighted by atomic mass is 31.2. The number of allylic oxidation sites excluding steroid dienone is 1. The Labute approximate surface area is 148 Å². The number of carbonyl (C=O) groups is 1. The molecule has 6 atom stereocenters. The van der Waals surface area contributed by atoms with Gasteiger partial charge in [0.2, 0.25) is 0 Å². The summed E-state index contributed by atoms with van der Waals surface area (Å²) < 4.78 is 8.88. The van der Waals surface area contributed by atoms with Gasteiger partial charge in [-0.3, -0.25) is 4.79 Å². The molecule has 4 N–H and O–H groups in total. The summed E-state index contributed by atoms with van der Waals surface area (Å²) >= 11 is 0. The summed E-state index contributed by atoms with van der Waals surface area (Å²) in [5.41, 5.74) is 1.65. The summed E-state index contributed by atoms with van der Waals surface area (Å²) in [5.74, 6) is 3.38. The lowest BCUT2D eigenvalue weighted by Crippen LogP contribution is -2.47. The van der Waals surface area contributed by atoms with Crippen LogP contribution in [-0.4, -0.2) is 31.7 Å². The third kappa shape index (κ3) is 3.93. The van der Waals surface area contributed by atoms with E-state index >= 15 is 0 Å².